The molecule has 2 aromatic heterocycles. The van der Waals surface area contributed by atoms with E-state index < -0.39 is 36.3 Å². The summed E-state index contributed by atoms with van der Waals surface area (Å²) in [6.45, 7) is -1.21. The molecular formula is C22H18F3N5O3. The van der Waals surface area contributed by atoms with Crippen LogP contribution in [0.15, 0.2) is 60.8 Å². The van der Waals surface area contributed by atoms with Crippen molar-refractivity contribution in [3.05, 3.63) is 99.5 Å². The summed E-state index contributed by atoms with van der Waals surface area (Å²) in [5.74, 6) is -5.13. The van der Waals surface area contributed by atoms with Crippen molar-refractivity contribution in [1.82, 2.24) is 5.32 Å². The van der Waals surface area contributed by atoms with Crippen molar-refractivity contribution in [3.8, 4) is 6.07 Å². The number of hydrogen-bond donors (Lipinski definition) is 2. The number of nitrogens with zero attached hydrogens (tertiary/aromatic N) is 3. The number of carbonyl (C=O) groups is 1. The second-order valence-electron chi connectivity index (χ2n) is 7.00. The second-order valence-corrected chi connectivity index (χ2v) is 7.00. The van der Waals surface area contributed by atoms with E-state index in [1.54, 1.807) is 12.1 Å². The number of nitrogens with one attached hydrogen (secondary N) is 2. The highest BCUT2D eigenvalue weighted by molar-refractivity contribution is 5.78. The van der Waals surface area contributed by atoms with Crippen LogP contribution < -0.4 is 20.1 Å². The van der Waals surface area contributed by atoms with Crippen LogP contribution >= 0.6 is 0 Å². The molecule has 8 nitrogen and oxygen atoms in total. The summed E-state index contributed by atoms with van der Waals surface area (Å²) in [5.41, 5.74) is -0.967. The quantitative estimate of drug-likeness (QED) is 0.396. The number of alkyl halides is 2. The molecule has 11 heteroatoms. The number of amides is 1. The number of carbonyl (C=O) groups excluding carboxylic acids is 1. The van der Waals surface area contributed by atoms with Crippen LogP contribution in [0.2, 0.25) is 0 Å². The third-order valence-corrected chi connectivity index (χ3v) is 4.76. The van der Waals surface area contributed by atoms with E-state index in [-0.39, 0.29) is 38.6 Å². The highest BCUT2D eigenvalue weighted by Gasteiger charge is 2.41. The molecule has 0 aliphatic rings. The largest absolute Gasteiger partial charge is 0.710 e. The van der Waals surface area contributed by atoms with Gasteiger partial charge in [0.1, 0.15) is 17.6 Å². The van der Waals surface area contributed by atoms with Crippen LogP contribution in [0.4, 0.5) is 19.0 Å². The van der Waals surface area contributed by atoms with Gasteiger partial charge in [0.2, 0.25) is 5.91 Å². The van der Waals surface area contributed by atoms with Gasteiger partial charge in [-0.25, -0.2) is 9.12 Å². The number of rotatable bonds is 8. The van der Waals surface area contributed by atoms with Crippen LogP contribution in [0.1, 0.15) is 22.5 Å². The second kappa shape index (κ2) is 9.86. The molecule has 3 rings (SSSR count). The lowest BCUT2D eigenvalue weighted by Gasteiger charge is -2.18. The van der Waals surface area contributed by atoms with E-state index in [9.17, 15) is 33.6 Å². The van der Waals surface area contributed by atoms with Gasteiger partial charge in [-0.15, -0.1) is 0 Å². The first-order valence-electron chi connectivity index (χ1n) is 9.69. The molecule has 0 saturated carbocycles. The minimum Gasteiger partial charge on any atom is -0.710 e. The van der Waals surface area contributed by atoms with E-state index in [4.69, 9.17) is 0 Å². The van der Waals surface area contributed by atoms with Gasteiger partial charge < -0.3 is 15.7 Å². The molecule has 170 valence electrons. The first kappa shape index (κ1) is 23.3. The van der Waals surface area contributed by atoms with Crippen molar-refractivity contribution in [1.29, 1.82) is 5.26 Å². The predicted octanol–water partition coefficient (Wildman–Crippen LogP) is 2.03. The Morgan fingerprint density at radius 3 is 2.52 bits per heavy atom. The maximum atomic E-state index is 14.4. The number of hydrogen-bond acceptors (Lipinski definition) is 5. The maximum absolute atomic E-state index is 14.4. The molecule has 0 radical (unpaired) electrons. The molecule has 0 bridgehead atoms. The minimum absolute atomic E-state index is 0.0248. The molecule has 0 aliphatic carbocycles. The van der Waals surface area contributed by atoms with E-state index in [2.05, 4.69) is 10.6 Å². The SMILES string of the molecule is N#Cc1ccc(NCC(F)(F)c2cccc[n+]2[O-])[n+]([O-])c1CC(=O)NCc1ccccc1F. The van der Waals surface area contributed by atoms with E-state index in [1.165, 1.54) is 36.4 Å². The zero-order valence-corrected chi connectivity index (χ0v) is 17.1. The summed E-state index contributed by atoms with van der Waals surface area (Å²) < 4.78 is 42.8. The fourth-order valence-corrected chi connectivity index (χ4v) is 3.03. The van der Waals surface area contributed by atoms with Crippen LogP contribution in [0, 0.1) is 27.6 Å². The maximum Gasteiger partial charge on any atom is 0.367 e. The molecule has 33 heavy (non-hydrogen) atoms. The monoisotopic (exact) mass is 457 g/mol. The van der Waals surface area contributed by atoms with Gasteiger partial charge in [-0.1, -0.05) is 18.2 Å². The molecule has 1 aromatic carbocycles. The van der Waals surface area contributed by atoms with Crippen molar-refractivity contribution in [3.63, 3.8) is 0 Å². The normalized spacial score (nSPS) is 11.0. The fourth-order valence-electron chi connectivity index (χ4n) is 3.03. The minimum atomic E-state index is -3.61. The van der Waals surface area contributed by atoms with Gasteiger partial charge in [0.25, 0.3) is 11.5 Å². The lowest BCUT2D eigenvalue weighted by Crippen LogP contribution is -2.43. The van der Waals surface area contributed by atoms with Gasteiger partial charge in [-0.3, -0.25) is 10.1 Å². The summed E-state index contributed by atoms with van der Waals surface area (Å²) in [6, 6.07) is 13.5. The molecule has 2 heterocycles. The Morgan fingerprint density at radius 1 is 1.09 bits per heavy atom. The lowest BCUT2D eigenvalue weighted by atomic mass is 10.1. The lowest BCUT2D eigenvalue weighted by molar-refractivity contribution is -0.624. The van der Waals surface area contributed by atoms with Crippen molar-refractivity contribution in [2.45, 2.75) is 18.9 Å². The van der Waals surface area contributed by atoms with E-state index in [0.29, 0.717) is 0 Å². The Hall–Kier alpha value is -4.33. The van der Waals surface area contributed by atoms with Gasteiger partial charge in [0.05, 0.1) is 12.0 Å². The molecular weight excluding hydrogens is 439 g/mol. The van der Waals surface area contributed by atoms with Crippen LogP contribution in [0.3, 0.4) is 0 Å². The highest BCUT2D eigenvalue weighted by atomic mass is 19.3. The number of anilines is 1. The zero-order chi connectivity index (χ0) is 24.0. The van der Waals surface area contributed by atoms with Crippen molar-refractivity contribution in [2.75, 3.05) is 11.9 Å². The molecule has 0 unspecified atom stereocenters. The molecule has 3 aromatic rings. The molecule has 2 N–H and O–H groups in total. The first-order chi connectivity index (χ1) is 15.7. The Bertz CT molecular complexity index is 1210. The van der Waals surface area contributed by atoms with Gasteiger partial charge in [-0.05, 0) is 18.2 Å². The standard InChI is InChI=1S/C22H18F3N5O3/c23-17-6-2-1-5-16(17)13-27-21(31)11-18-15(12-26)8-9-20(30(18)33)28-14-22(24,25)19-7-3-4-10-29(19)32/h1-10,28H,11,13-14H2,(H,27,31). The van der Waals surface area contributed by atoms with Gasteiger partial charge in [0, 0.05) is 30.3 Å². The van der Waals surface area contributed by atoms with Crippen LogP contribution in [0.25, 0.3) is 0 Å². The Labute approximate surface area is 186 Å². The van der Waals surface area contributed by atoms with Crippen LogP contribution in [-0.4, -0.2) is 12.5 Å². The number of nitriles is 1. The summed E-state index contributed by atoms with van der Waals surface area (Å²) in [6.07, 6.45) is 0.392. The van der Waals surface area contributed by atoms with Gasteiger partial charge in [0.15, 0.2) is 12.7 Å². The van der Waals surface area contributed by atoms with E-state index >= 15 is 0 Å². The van der Waals surface area contributed by atoms with Crippen molar-refractivity contribution >= 4 is 11.7 Å². The summed E-state index contributed by atoms with van der Waals surface area (Å²) in [5, 5.41) is 38.3. The molecule has 1 amide bonds. The molecule has 0 spiro atoms. The van der Waals surface area contributed by atoms with Crippen molar-refractivity contribution < 1.29 is 27.4 Å². The average Bonchev–Trinajstić information content (AvgIpc) is 2.79. The number of pyridine rings is 2. The fraction of sp³-hybridized carbons (Fsp3) is 0.182. The molecule has 0 aliphatic heterocycles. The molecule has 0 atom stereocenters. The summed E-state index contributed by atoms with van der Waals surface area (Å²) in [4.78, 5) is 12.3. The average molecular weight is 457 g/mol. The van der Waals surface area contributed by atoms with E-state index in [1.807, 2.05) is 0 Å². The smallest absolute Gasteiger partial charge is 0.367 e. The molecule has 0 saturated heterocycles. The Morgan fingerprint density at radius 2 is 1.82 bits per heavy atom. The summed E-state index contributed by atoms with van der Waals surface area (Å²) >= 11 is 0. The third-order valence-electron chi connectivity index (χ3n) is 4.76. The number of aromatic nitrogens is 2. The Kier molecular flexibility index (Phi) is 6.97. The number of benzene rings is 1. The summed E-state index contributed by atoms with van der Waals surface area (Å²) in [7, 11) is 0. The van der Waals surface area contributed by atoms with E-state index in [0.717, 1.165) is 18.3 Å². The molecule has 0 fully saturated rings. The van der Waals surface area contributed by atoms with Crippen LogP contribution in [-0.2, 0) is 23.7 Å². The first-order valence-corrected chi connectivity index (χ1v) is 9.69. The van der Waals surface area contributed by atoms with Crippen LogP contribution in [0.5, 0.6) is 0 Å². The third kappa shape index (κ3) is 5.48. The zero-order valence-electron chi connectivity index (χ0n) is 17.1. The van der Waals surface area contributed by atoms with Gasteiger partial charge >= 0.3 is 5.92 Å². The predicted molar refractivity (Wildman–Crippen MR) is 110 cm³/mol. The Balaban J connectivity index is 1.74. The highest BCUT2D eigenvalue weighted by Crippen LogP contribution is 2.25. The topological polar surface area (TPSA) is 119 Å². The van der Waals surface area contributed by atoms with Gasteiger partial charge in [-0.2, -0.15) is 18.8 Å². The number of halogens is 3. The van der Waals surface area contributed by atoms with Crippen molar-refractivity contribution in [2.24, 2.45) is 0 Å².